The summed E-state index contributed by atoms with van der Waals surface area (Å²) in [7, 11) is 2.13. The first kappa shape index (κ1) is 17.2. The van der Waals surface area contributed by atoms with Crippen LogP contribution in [-0.2, 0) is 17.7 Å². The Morgan fingerprint density at radius 2 is 2.31 bits per heavy atom. The number of hydrogen-bond donors (Lipinski definition) is 1. The van der Waals surface area contributed by atoms with Crippen LogP contribution in [-0.4, -0.2) is 58.6 Å². The van der Waals surface area contributed by atoms with Gasteiger partial charge in [0.1, 0.15) is 0 Å². The fraction of sp³-hybridized carbons (Fsp3) is 0.526. The van der Waals surface area contributed by atoms with Crippen molar-refractivity contribution in [2.45, 2.75) is 38.8 Å². The highest BCUT2D eigenvalue weighted by Crippen LogP contribution is 2.25. The number of aromatic nitrogens is 3. The SMILES string of the molecule is Cc1c(C(=O)NCC2CCCO2)nnn1-c1cccc2c1CCN(C)C2. The predicted molar refractivity (Wildman–Crippen MR) is 97.4 cm³/mol. The van der Waals surface area contributed by atoms with Crippen LogP contribution in [0.25, 0.3) is 5.69 Å². The van der Waals surface area contributed by atoms with Gasteiger partial charge in [0.15, 0.2) is 5.69 Å². The number of benzene rings is 1. The van der Waals surface area contributed by atoms with Crippen molar-refractivity contribution in [1.82, 2.24) is 25.2 Å². The van der Waals surface area contributed by atoms with E-state index in [-0.39, 0.29) is 12.0 Å². The number of nitrogens with zero attached hydrogens (tertiary/aromatic N) is 4. The Kier molecular flexibility index (Phi) is 4.74. The van der Waals surface area contributed by atoms with Gasteiger partial charge in [-0.1, -0.05) is 17.3 Å². The minimum Gasteiger partial charge on any atom is -0.376 e. The third-order valence-corrected chi connectivity index (χ3v) is 5.28. The van der Waals surface area contributed by atoms with Gasteiger partial charge in [-0.25, -0.2) is 4.68 Å². The Balaban J connectivity index is 1.56. The molecule has 0 aliphatic carbocycles. The third-order valence-electron chi connectivity index (χ3n) is 5.28. The number of likely N-dealkylation sites (N-methyl/N-ethyl adjacent to an activating group) is 1. The molecule has 0 spiro atoms. The van der Waals surface area contributed by atoms with Crippen molar-refractivity contribution in [3.8, 4) is 5.69 Å². The molecule has 1 atom stereocenters. The number of ether oxygens (including phenoxy) is 1. The standard InChI is InChI=1S/C19H25N5O2/c1-13-18(19(25)20-11-15-6-4-10-26-15)21-22-24(13)17-7-3-5-14-12-23(2)9-8-16(14)17/h3,5,7,15H,4,6,8-12H2,1-2H3,(H,20,25). The van der Waals surface area contributed by atoms with E-state index in [2.05, 4.69) is 39.7 Å². The number of fused-ring (bicyclic) bond motifs is 1. The lowest BCUT2D eigenvalue weighted by molar-refractivity contribution is 0.0853. The first-order valence-corrected chi connectivity index (χ1v) is 9.25. The Labute approximate surface area is 153 Å². The number of rotatable bonds is 4. The molecule has 0 saturated carbocycles. The molecule has 7 heteroatoms. The number of hydrogen-bond acceptors (Lipinski definition) is 5. The maximum absolute atomic E-state index is 12.5. The molecule has 1 aromatic heterocycles. The highest BCUT2D eigenvalue weighted by Gasteiger charge is 2.23. The van der Waals surface area contributed by atoms with Crippen molar-refractivity contribution in [3.63, 3.8) is 0 Å². The maximum atomic E-state index is 12.5. The van der Waals surface area contributed by atoms with E-state index in [0.29, 0.717) is 12.2 Å². The zero-order valence-electron chi connectivity index (χ0n) is 15.4. The Morgan fingerprint density at radius 1 is 1.42 bits per heavy atom. The van der Waals surface area contributed by atoms with Crippen LogP contribution >= 0.6 is 0 Å². The summed E-state index contributed by atoms with van der Waals surface area (Å²) in [6.45, 7) is 5.16. The van der Waals surface area contributed by atoms with E-state index in [1.165, 1.54) is 11.1 Å². The normalized spacial score (nSPS) is 20.2. The minimum absolute atomic E-state index is 0.118. The summed E-state index contributed by atoms with van der Waals surface area (Å²) >= 11 is 0. The first-order valence-electron chi connectivity index (χ1n) is 9.25. The van der Waals surface area contributed by atoms with Gasteiger partial charge in [-0.3, -0.25) is 4.79 Å². The molecule has 0 radical (unpaired) electrons. The summed E-state index contributed by atoms with van der Waals surface area (Å²) in [4.78, 5) is 14.8. The van der Waals surface area contributed by atoms with E-state index in [1.54, 1.807) is 4.68 Å². The number of amides is 1. The molecule has 2 aliphatic heterocycles. The van der Waals surface area contributed by atoms with Crippen LogP contribution in [0.3, 0.4) is 0 Å². The van der Waals surface area contributed by atoms with Crippen LogP contribution in [0.15, 0.2) is 18.2 Å². The molecule has 7 nitrogen and oxygen atoms in total. The van der Waals surface area contributed by atoms with E-state index < -0.39 is 0 Å². The van der Waals surface area contributed by atoms with Crippen LogP contribution < -0.4 is 5.32 Å². The molecule has 2 aromatic rings. The van der Waals surface area contributed by atoms with Gasteiger partial charge in [0.2, 0.25) is 0 Å². The predicted octanol–water partition coefficient (Wildman–Crippen LogP) is 1.47. The van der Waals surface area contributed by atoms with E-state index >= 15 is 0 Å². The quantitative estimate of drug-likeness (QED) is 0.899. The first-order chi connectivity index (χ1) is 12.6. The fourth-order valence-electron chi connectivity index (χ4n) is 3.79. The van der Waals surface area contributed by atoms with E-state index in [9.17, 15) is 4.79 Å². The molecule has 26 heavy (non-hydrogen) atoms. The Bertz CT molecular complexity index is 810. The van der Waals surface area contributed by atoms with Gasteiger partial charge in [0.05, 0.1) is 17.5 Å². The molecule has 1 saturated heterocycles. The van der Waals surface area contributed by atoms with Gasteiger partial charge >= 0.3 is 0 Å². The van der Waals surface area contributed by atoms with Crippen LogP contribution in [0, 0.1) is 6.92 Å². The summed E-state index contributed by atoms with van der Waals surface area (Å²) < 4.78 is 7.35. The summed E-state index contributed by atoms with van der Waals surface area (Å²) in [6.07, 6.45) is 3.15. The van der Waals surface area contributed by atoms with E-state index in [4.69, 9.17) is 4.74 Å². The molecule has 4 rings (SSSR count). The highest BCUT2D eigenvalue weighted by atomic mass is 16.5. The lowest BCUT2D eigenvalue weighted by atomic mass is 9.98. The van der Waals surface area contributed by atoms with E-state index in [0.717, 1.165) is 50.3 Å². The molecule has 2 aliphatic rings. The molecule has 1 N–H and O–H groups in total. The van der Waals surface area contributed by atoms with Gasteiger partial charge in [-0.05, 0) is 50.4 Å². The van der Waals surface area contributed by atoms with Crippen molar-refractivity contribution < 1.29 is 9.53 Å². The van der Waals surface area contributed by atoms with Crippen LogP contribution in [0.1, 0.15) is 40.2 Å². The zero-order valence-corrected chi connectivity index (χ0v) is 15.4. The summed E-state index contributed by atoms with van der Waals surface area (Å²) in [6, 6.07) is 6.27. The number of nitrogens with one attached hydrogen (secondary N) is 1. The van der Waals surface area contributed by atoms with Crippen molar-refractivity contribution in [2.24, 2.45) is 0 Å². The third kappa shape index (κ3) is 3.24. The molecule has 1 aromatic carbocycles. The maximum Gasteiger partial charge on any atom is 0.273 e. The average molecular weight is 355 g/mol. The van der Waals surface area contributed by atoms with Crippen LogP contribution in [0.5, 0.6) is 0 Å². The molecule has 3 heterocycles. The number of carbonyl (C=O) groups is 1. The second-order valence-corrected chi connectivity index (χ2v) is 7.18. The van der Waals surface area contributed by atoms with Crippen molar-refractivity contribution in [2.75, 3.05) is 26.7 Å². The second kappa shape index (κ2) is 7.17. The zero-order chi connectivity index (χ0) is 18.1. The monoisotopic (exact) mass is 355 g/mol. The smallest absolute Gasteiger partial charge is 0.273 e. The molecular formula is C19H25N5O2. The topological polar surface area (TPSA) is 72.3 Å². The van der Waals surface area contributed by atoms with Crippen LogP contribution in [0.4, 0.5) is 0 Å². The van der Waals surface area contributed by atoms with Crippen molar-refractivity contribution >= 4 is 5.91 Å². The molecule has 1 amide bonds. The fourth-order valence-corrected chi connectivity index (χ4v) is 3.79. The summed E-state index contributed by atoms with van der Waals surface area (Å²) in [5, 5.41) is 11.4. The van der Waals surface area contributed by atoms with Gasteiger partial charge < -0.3 is 15.0 Å². The Hall–Kier alpha value is -2.25. The molecule has 1 fully saturated rings. The molecular weight excluding hydrogens is 330 g/mol. The lowest BCUT2D eigenvalue weighted by Gasteiger charge is -2.26. The largest absolute Gasteiger partial charge is 0.376 e. The highest BCUT2D eigenvalue weighted by molar-refractivity contribution is 5.93. The van der Waals surface area contributed by atoms with Crippen molar-refractivity contribution in [3.05, 3.63) is 40.7 Å². The van der Waals surface area contributed by atoms with Gasteiger partial charge in [0, 0.05) is 26.2 Å². The van der Waals surface area contributed by atoms with Gasteiger partial charge in [-0.15, -0.1) is 5.10 Å². The summed E-state index contributed by atoms with van der Waals surface area (Å²) in [5.41, 5.74) is 4.79. The van der Waals surface area contributed by atoms with Crippen molar-refractivity contribution in [1.29, 1.82) is 0 Å². The Morgan fingerprint density at radius 3 is 3.12 bits per heavy atom. The average Bonchev–Trinajstić information content (AvgIpc) is 3.28. The van der Waals surface area contributed by atoms with Gasteiger partial charge in [-0.2, -0.15) is 0 Å². The van der Waals surface area contributed by atoms with Gasteiger partial charge in [0.25, 0.3) is 5.91 Å². The molecule has 0 bridgehead atoms. The van der Waals surface area contributed by atoms with E-state index in [1.807, 2.05) is 13.0 Å². The number of carbonyl (C=O) groups excluding carboxylic acids is 1. The van der Waals surface area contributed by atoms with Crippen LogP contribution in [0.2, 0.25) is 0 Å². The second-order valence-electron chi connectivity index (χ2n) is 7.18. The summed E-state index contributed by atoms with van der Waals surface area (Å²) in [5.74, 6) is -0.186. The lowest BCUT2D eigenvalue weighted by Crippen LogP contribution is -2.32. The minimum atomic E-state index is -0.186. The molecule has 138 valence electrons. The molecule has 1 unspecified atom stereocenters.